The van der Waals surface area contributed by atoms with E-state index in [2.05, 4.69) is 20.2 Å². The van der Waals surface area contributed by atoms with E-state index >= 15 is 0 Å². The Morgan fingerprint density at radius 1 is 1.27 bits per heavy atom. The summed E-state index contributed by atoms with van der Waals surface area (Å²) in [6.07, 6.45) is 5.27. The van der Waals surface area contributed by atoms with Gasteiger partial charge in [0.05, 0.1) is 17.0 Å². The van der Waals surface area contributed by atoms with Crippen LogP contribution in [0.1, 0.15) is 26.7 Å². The molecule has 26 heavy (non-hydrogen) atoms. The molecule has 1 aliphatic rings. The molecule has 0 radical (unpaired) electrons. The number of thiocarbonyl (C=S) groups is 1. The number of carbonyl (C=O) groups excluding carboxylic acids is 1. The van der Waals surface area contributed by atoms with Crippen LogP contribution in [-0.2, 0) is 4.79 Å². The predicted molar refractivity (Wildman–Crippen MR) is 108 cm³/mol. The Bertz CT molecular complexity index is 792. The Labute approximate surface area is 159 Å². The van der Waals surface area contributed by atoms with Crippen LogP contribution in [0.4, 0.5) is 5.69 Å². The minimum absolute atomic E-state index is 0.0193. The van der Waals surface area contributed by atoms with Crippen molar-refractivity contribution in [3.8, 4) is 0 Å². The number of carbonyl (C=O) groups is 1. The second-order valence-electron chi connectivity index (χ2n) is 6.49. The molecule has 1 aromatic carbocycles. The lowest BCUT2D eigenvalue weighted by atomic mass is 9.96. The SMILES string of the molecule is CCN(CC)C(=O)[C@H]1CCCN(C(=S)Nc2ccc3nccnc3c2)C1. The number of rotatable bonds is 4. The maximum Gasteiger partial charge on any atom is 0.227 e. The summed E-state index contributed by atoms with van der Waals surface area (Å²) >= 11 is 5.59. The van der Waals surface area contributed by atoms with Crippen LogP contribution in [0.25, 0.3) is 11.0 Å². The smallest absolute Gasteiger partial charge is 0.227 e. The Kier molecular flexibility index (Phi) is 5.98. The third-order valence-electron chi connectivity index (χ3n) is 4.85. The Balaban J connectivity index is 1.65. The van der Waals surface area contributed by atoms with Crippen molar-refractivity contribution in [3.63, 3.8) is 0 Å². The average molecular weight is 372 g/mol. The Morgan fingerprint density at radius 3 is 2.73 bits per heavy atom. The van der Waals surface area contributed by atoms with Crippen molar-refractivity contribution in [1.82, 2.24) is 19.8 Å². The van der Waals surface area contributed by atoms with Gasteiger partial charge in [0.1, 0.15) is 0 Å². The van der Waals surface area contributed by atoms with Gasteiger partial charge in [-0.1, -0.05) is 0 Å². The van der Waals surface area contributed by atoms with Crippen LogP contribution in [0.2, 0.25) is 0 Å². The molecular weight excluding hydrogens is 346 g/mol. The van der Waals surface area contributed by atoms with Gasteiger partial charge in [-0.05, 0) is 57.1 Å². The van der Waals surface area contributed by atoms with Crippen LogP contribution in [0.3, 0.4) is 0 Å². The van der Waals surface area contributed by atoms with Crippen molar-refractivity contribution in [3.05, 3.63) is 30.6 Å². The number of fused-ring (bicyclic) bond motifs is 1. The second-order valence-corrected chi connectivity index (χ2v) is 6.87. The molecule has 1 N–H and O–H groups in total. The topological polar surface area (TPSA) is 61.4 Å². The van der Waals surface area contributed by atoms with Gasteiger partial charge in [-0.25, -0.2) is 0 Å². The lowest BCUT2D eigenvalue weighted by Gasteiger charge is -2.36. The number of piperidine rings is 1. The average Bonchev–Trinajstić information content (AvgIpc) is 2.69. The Hall–Kier alpha value is -2.28. The van der Waals surface area contributed by atoms with Gasteiger partial charge in [0.15, 0.2) is 5.11 Å². The summed E-state index contributed by atoms with van der Waals surface area (Å²) in [5, 5.41) is 3.94. The highest BCUT2D eigenvalue weighted by molar-refractivity contribution is 7.80. The van der Waals surface area contributed by atoms with E-state index < -0.39 is 0 Å². The molecule has 2 heterocycles. The fraction of sp³-hybridized carbons (Fsp3) is 0.474. The van der Waals surface area contributed by atoms with Crippen molar-refractivity contribution in [2.45, 2.75) is 26.7 Å². The summed E-state index contributed by atoms with van der Waals surface area (Å²) in [4.78, 5) is 25.3. The fourth-order valence-electron chi connectivity index (χ4n) is 3.40. The van der Waals surface area contributed by atoms with Gasteiger partial charge >= 0.3 is 0 Å². The fourth-order valence-corrected chi connectivity index (χ4v) is 3.68. The largest absolute Gasteiger partial charge is 0.348 e. The van der Waals surface area contributed by atoms with E-state index in [9.17, 15) is 4.79 Å². The molecule has 1 saturated heterocycles. The zero-order valence-corrected chi connectivity index (χ0v) is 16.1. The maximum absolute atomic E-state index is 12.7. The Morgan fingerprint density at radius 2 is 2.00 bits per heavy atom. The van der Waals surface area contributed by atoms with Crippen LogP contribution < -0.4 is 5.32 Å². The number of hydrogen-bond acceptors (Lipinski definition) is 4. The third kappa shape index (κ3) is 4.09. The van der Waals surface area contributed by atoms with Crippen LogP contribution in [-0.4, -0.2) is 57.0 Å². The highest BCUT2D eigenvalue weighted by Gasteiger charge is 2.29. The van der Waals surface area contributed by atoms with Crippen LogP contribution in [0.5, 0.6) is 0 Å². The van der Waals surface area contributed by atoms with Crippen molar-refractivity contribution < 1.29 is 4.79 Å². The molecule has 1 atom stereocenters. The van der Waals surface area contributed by atoms with E-state index in [1.54, 1.807) is 12.4 Å². The molecule has 0 unspecified atom stereocenters. The van der Waals surface area contributed by atoms with E-state index in [4.69, 9.17) is 12.2 Å². The lowest BCUT2D eigenvalue weighted by Crippen LogP contribution is -2.47. The lowest BCUT2D eigenvalue weighted by molar-refractivity contribution is -0.136. The quantitative estimate of drug-likeness (QED) is 0.834. The van der Waals surface area contributed by atoms with E-state index in [0.29, 0.717) is 11.7 Å². The molecule has 1 fully saturated rings. The first kappa shape index (κ1) is 18.5. The number of likely N-dealkylation sites (tertiary alicyclic amines) is 1. The molecule has 6 nitrogen and oxygen atoms in total. The first-order valence-electron chi connectivity index (χ1n) is 9.17. The molecule has 1 aromatic heterocycles. The van der Waals surface area contributed by atoms with Crippen LogP contribution in [0, 0.1) is 5.92 Å². The predicted octanol–water partition coefficient (Wildman–Crippen LogP) is 2.91. The van der Waals surface area contributed by atoms with Crippen LogP contribution >= 0.6 is 12.2 Å². The van der Waals surface area contributed by atoms with Gasteiger partial charge in [-0.3, -0.25) is 14.8 Å². The van der Waals surface area contributed by atoms with Crippen molar-refractivity contribution in [2.24, 2.45) is 5.92 Å². The standard InChI is InChI=1S/C19H25N5OS/c1-3-23(4-2)18(25)14-6-5-11-24(13-14)19(26)22-15-7-8-16-17(12-15)21-10-9-20-16/h7-10,12,14H,3-6,11,13H2,1-2H3,(H,22,26)/t14-/m0/s1. The molecule has 0 bridgehead atoms. The highest BCUT2D eigenvalue weighted by Crippen LogP contribution is 2.21. The number of hydrogen-bond donors (Lipinski definition) is 1. The van der Waals surface area contributed by atoms with E-state index in [1.807, 2.05) is 36.9 Å². The first-order chi connectivity index (χ1) is 12.6. The molecule has 3 rings (SSSR count). The number of aromatic nitrogens is 2. The van der Waals surface area contributed by atoms with Gasteiger partial charge in [0.25, 0.3) is 0 Å². The summed E-state index contributed by atoms with van der Waals surface area (Å²) in [5.41, 5.74) is 2.57. The van der Waals surface area contributed by atoms with Gasteiger partial charge in [-0.15, -0.1) is 0 Å². The minimum Gasteiger partial charge on any atom is -0.348 e. The molecule has 0 spiro atoms. The molecular formula is C19H25N5OS. The third-order valence-corrected chi connectivity index (χ3v) is 5.21. The summed E-state index contributed by atoms with van der Waals surface area (Å²) in [6, 6.07) is 5.82. The maximum atomic E-state index is 12.7. The zero-order chi connectivity index (χ0) is 18.5. The summed E-state index contributed by atoms with van der Waals surface area (Å²) in [6.45, 7) is 7.11. The molecule has 0 saturated carbocycles. The number of anilines is 1. The minimum atomic E-state index is 0.0193. The monoisotopic (exact) mass is 371 g/mol. The number of benzene rings is 1. The highest BCUT2D eigenvalue weighted by atomic mass is 32.1. The van der Waals surface area contributed by atoms with E-state index in [1.165, 1.54) is 0 Å². The number of nitrogens with zero attached hydrogens (tertiary/aromatic N) is 4. The van der Waals surface area contributed by atoms with Gasteiger partial charge in [0.2, 0.25) is 5.91 Å². The van der Waals surface area contributed by atoms with Gasteiger partial charge in [0, 0.05) is 44.3 Å². The van der Waals surface area contributed by atoms with Gasteiger partial charge < -0.3 is 15.1 Å². The summed E-state index contributed by atoms with van der Waals surface area (Å²) in [5.74, 6) is 0.259. The van der Waals surface area contributed by atoms with Crippen molar-refractivity contribution >= 4 is 40.0 Å². The molecule has 1 amide bonds. The molecule has 0 aliphatic carbocycles. The zero-order valence-electron chi connectivity index (χ0n) is 15.3. The number of amides is 1. The molecule has 2 aromatic rings. The van der Waals surface area contributed by atoms with Crippen LogP contribution in [0.15, 0.2) is 30.6 Å². The summed E-state index contributed by atoms with van der Waals surface area (Å²) in [7, 11) is 0. The van der Waals surface area contributed by atoms with Crippen molar-refractivity contribution in [2.75, 3.05) is 31.5 Å². The summed E-state index contributed by atoms with van der Waals surface area (Å²) < 4.78 is 0. The second kappa shape index (κ2) is 8.40. The van der Waals surface area contributed by atoms with E-state index in [-0.39, 0.29) is 11.8 Å². The number of nitrogens with one attached hydrogen (secondary N) is 1. The molecule has 7 heteroatoms. The molecule has 138 valence electrons. The molecule has 1 aliphatic heterocycles. The normalized spacial score (nSPS) is 17.2. The first-order valence-corrected chi connectivity index (χ1v) is 9.58. The van der Waals surface area contributed by atoms with Crippen molar-refractivity contribution in [1.29, 1.82) is 0 Å². The van der Waals surface area contributed by atoms with E-state index in [0.717, 1.165) is 49.2 Å². The van der Waals surface area contributed by atoms with Gasteiger partial charge in [-0.2, -0.15) is 0 Å².